The molecule has 0 atom stereocenters. The van der Waals surface area contributed by atoms with Gasteiger partial charge in [0.15, 0.2) is 5.17 Å². The number of hydrogen-bond acceptors (Lipinski definition) is 6. The van der Waals surface area contributed by atoms with Crippen LogP contribution in [-0.2, 0) is 16.2 Å². The largest absolute Gasteiger partial charge is 0.488 e. The van der Waals surface area contributed by atoms with Crippen molar-refractivity contribution in [3.8, 4) is 5.75 Å². The van der Waals surface area contributed by atoms with Gasteiger partial charge in [0.25, 0.3) is 11.6 Å². The Hall–Kier alpha value is -3.17. The monoisotopic (exact) mass is 431 g/mol. The number of nitrogens with zero attached hydrogens (tertiary/aromatic N) is 2. The molecule has 2 aromatic carbocycles. The van der Waals surface area contributed by atoms with Crippen molar-refractivity contribution in [2.45, 2.75) is 13.5 Å². The molecule has 0 fully saturated rings. The zero-order valence-electron chi connectivity index (χ0n) is 15.0. The molecule has 3 rings (SSSR count). The van der Waals surface area contributed by atoms with Crippen LogP contribution in [0.15, 0.2) is 52.4 Å². The Kier molecular flexibility index (Phi) is 6.30. The number of nitrogens with one attached hydrogen (secondary N) is 1. The normalized spacial score (nSPS) is 14.6. The Morgan fingerprint density at radius 2 is 2.03 bits per heavy atom. The van der Waals surface area contributed by atoms with Crippen LogP contribution in [0, 0.1) is 10.1 Å². The van der Waals surface area contributed by atoms with Crippen LogP contribution in [0.3, 0.4) is 0 Å². The first-order valence-electron chi connectivity index (χ1n) is 8.27. The van der Waals surface area contributed by atoms with E-state index in [-0.39, 0.29) is 23.4 Å². The summed E-state index contributed by atoms with van der Waals surface area (Å²) in [6.07, 6.45) is 1.59. The number of halogens is 1. The lowest BCUT2D eigenvalue weighted by Crippen LogP contribution is -2.23. The maximum Gasteiger partial charge on any atom is 0.286 e. The fourth-order valence-electron chi connectivity index (χ4n) is 2.39. The van der Waals surface area contributed by atoms with Crippen molar-refractivity contribution in [3.63, 3.8) is 0 Å². The lowest BCUT2D eigenvalue weighted by atomic mass is 10.1. The van der Waals surface area contributed by atoms with Gasteiger partial charge in [0.2, 0.25) is 5.91 Å². The molecule has 1 N–H and O–H groups in total. The second kappa shape index (κ2) is 8.89. The molecule has 2 aromatic rings. The minimum atomic E-state index is -0.472. The van der Waals surface area contributed by atoms with E-state index in [1.165, 1.54) is 19.1 Å². The number of benzene rings is 2. The molecule has 0 aliphatic carbocycles. The van der Waals surface area contributed by atoms with Crippen molar-refractivity contribution in [3.05, 3.63) is 73.6 Å². The number of hydrogen-bond donors (Lipinski definition) is 1. The van der Waals surface area contributed by atoms with Crippen molar-refractivity contribution < 1.29 is 19.2 Å². The summed E-state index contributed by atoms with van der Waals surface area (Å²) in [5.41, 5.74) is 1.30. The van der Waals surface area contributed by atoms with Crippen LogP contribution in [0.2, 0.25) is 5.02 Å². The lowest BCUT2D eigenvalue weighted by molar-refractivity contribution is -0.384. The molecular weight excluding hydrogens is 418 g/mol. The van der Waals surface area contributed by atoms with Gasteiger partial charge in [-0.25, -0.2) is 0 Å². The number of amides is 2. The number of amidine groups is 1. The van der Waals surface area contributed by atoms with Crippen molar-refractivity contribution in [1.29, 1.82) is 0 Å². The highest BCUT2D eigenvalue weighted by Crippen LogP contribution is 2.32. The maximum absolute atomic E-state index is 12.1. The van der Waals surface area contributed by atoms with Gasteiger partial charge < -0.3 is 10.1 Å². The molecule has 29 heavy (non-hydrogen) atoms. The molecule has 0 saturated heterocycles. The average molecular weight is 432 g/mol. The van der Waals surface area contributed by atoms with E-state index in [0.717, 1.165) is 17.3 Å². The van der Waals surface area contributed by atoms with E-state index in [0.29, 0.717) is 21.2 Å². The van der Waals surface area contributed by atoms with E-state index in [1.807, 2.05) is 0 Å². The molecule has 2 amide bonds. The number of carbonyl (C=O) groups excluding carboxylic acids is 2. The second-order valence-electron chi connectivity index (χ2n) is 5.91. The first-order chi connectivity index (χ1) is 13.8. The lowest BCUT2D eigenvalue weighted by Gasteiger charge is -2.10. The van der Waals surface area contributed by atoms with Crippen molar-refractivity contribution in [2.24, 2.45) is 4.99 Å². The molecular formula is C19H14ClN3O5S. The van der Waals surface area contributed by atoms with Crippen LogP contribution in [0.5, 0.6) is 5.75 Å². The standard InChI is InChI=1S/C19H14ClN3O5S/c1-11(24)21-19-22-18(25)17(29-19)9-13-8-14(20)4-7-16(13)28-10-12-2-5-15(6-3-12)23(26)27/h2-9H,10H2,1H3,(H,21,22,24,25)/b17-9-. The van der Waals surface area contributed by atoms with Crippen LogP contribution in [0.1, 0.15) is 18.1 Å². The molecule has 8 nitrogen and oxygen atoms in total. The van der Waals surface area contributed by atoms with E-state index >= 15 is 0 Å². The fraction of sp³-hybridized carbons (Fsp3) is 0.105. The van der Waals surface area contributed by atoms with E-state index in [9.17, 15) is 19.7 Å². The number of thioether (sulfide) groups is 1. The predicted molar refractivity (Wildman–Crippen MR) is 111 cm³/mol. The Morgan fingerprint density at radius 1 is 1.31 bits per heavy atom. The minimum absolute atomic E-state index is 0.00240. The second-order valence-corrected chi connectivity index (χ2v) is 7.38. The summed E-state index contributed by atoms with van der Waals surface area (Å²) in [4.78, 5) is 37.6. The van der Waals surface area contributed by atoms with Crippen molar-refractivity contribution in [2.75, 3.05) is 0 Å². The number of ether oxygens (including phenoxy) is 1. The molecule has 0 bridgehead atoms. The summed E-state index contributed by atoms with van der Waals surface area (Å²) in [7, 11) is 0. The van der Waals surface area contributed by atoms with Gasteiger partial charge in [0.05, 0.1) is 9.83 Å². The first-order valence-corrected chi connectivity index (χ1v) is 9.47. The van der Waals surface area contributed by atoms with Gasteiger partial charge in [0, 0.05) is 29.6 Å². The van der Waals surface area contributed by atoms with Crippen molar-refractivity contribution >= 4 is 52.1 Å². The highest BCUT2D eigenvalue weighted by molar-refractivity contribution is 8.18. The van der Waals surface area contributed by atoms with Gasteiger partial charge in [-0.15, -0.1) is 0 Å². The number of carbonyl (C=O) groups is 2. The quantitative estimate of drug-likeness (QED) is 0.436. The van der Waals surface area contributed by atoms with E-state index < -0.39 is 10.8 Å². The molecule has 0 unspecified atom stereocenters. The topological polar surface area (TPSA) is 111 Å². The van der Waals surface area contributed by atoms with E-state index in [1.54, 1.807) is 36.4 Å². The van der Waals surface area contributed by atoms with Gasteiger partial charge in [0.1, 0.15) is 12.4 Å². The summed E-state index contributed by atoms with van der Waals surface area (Å²) in [5, 5.41) is 13.9. The third-order valence-electron chi connectivity index (χ3n) is 3.70. The van der Waals surface area contributed by atoms with Crippen LogP contribution in [-0.4, -0.2) is 21.9 Å². The first kappa shape index (κ1) is 20.6. The fourth-order valence-corrected chi connectivity index (χ4v) is 3.42. The molecule has 0 spiro atoms. The van der Waals surface area contributed by atoms with Crippen LogP contribution < -0.4 is 10.1 Å². The molecule has 1 aliphatic rings. The van der Waals surface area contributed by atoms with Gasteiger partial charge in [-0.1, -0.05) is 11.6 Å². The smallest absolute Gasteiger partial charge is 0.286 e. The van der Waals surface area contributed by atoms with Gasteiger partial charge in [-0.05, 0) is 53.7 Å². The Labute approximate surface area is 174 Å². The summed E-state index contributed by atoms with van der Waals surface area (Å²) >= 11 is 7.12. The van der Waals surface area contributed by atoms with Crippen LogP contribution >= 0.6 is 23.4 Å². The highest BCUT2D eigenvalue weighted by Gasteiger charge is 2.23. The molecule has 10 heteroatoms. The summed E-state index contributed by atoms with van der Waals surface area (Å²) in [5.74, 6) is -0.318. The van der Waals surface area contributed by atoms with Gasteiger partial charge >= 0.3 is 0 Å². The Bertz CT molecular complexity index is 1050. The molecule has 1 heterocycles. The molecule has 148 valence electrons. The third-order valence-corrected chi connectivity index (χ3v) is 4.84. The number of non-ortho nitro benzene ring substituents is 1. The average Bonchev–Trinajstić information content (AvgIpc) is 2.99. The number of rotatable bonds is 5. The molecule has 0 radical (unpaired) electrons. The molecule has 0 saturated carbocycles. The summed E-state index contributed by atoms with van der Waals surface area (Å²) in [6.45, 7) is 1.50. The van der Waals surface area contributed by atoms with Gasteiger partial charge in [-0.2, -0.15) is 4.99 Å². The van der Waals surface area contributed by atoms with Crippen LogP contribution in [0.4, 0.5) is 5.69 Å². The van der Waals surface area contributed by atoms with Gasteiger partial charge in [-0.3, -0.25) is 19.7 Å². The van der Waals surface area contributed by atoms with E-state index in [2.05, 4.69) is 10.3 Å². The molecule has 0 aromatic heterocycles. The summed E-state index contributed by atoms with van der Waals surface area (Å²) < 4.78 is 5.81. The summed E-state index contributed by atoms with van der Waals surface area (Å²) in [6, 6.07) is 11.0. The van der Waals surface area contributed by atoms with Crippen molar-refractivity contribution in [1.82, 2.24) is 5.32 Å². The number of nitro groups is 1. The maximum atomic E-state index is 12.1. The Balaban J connectivity index is 1.77. The zero-order valence-corrected chi connectivity index (χ0v) is 16.6. The SMILES string of the molecule is CC(=O)NC1=NC(=O)/C(=C/c2cc(Cl)ccc2OCc2ccc([N+](=O)[O-])cc2)S1. The van der Waals surface area contributed by atoms with E-state index in [4.69, 9.17) is 16.3 Å². The predicted octanol–water partition coefficient (Wildman–Crippen LogP) is 3.93. The Morgan fingerprint density at radius 3 is 2.69 bits per heavy atom. The third kappa shape index (κ3) is 5.43. The highest BCUT2D eigenvalue weighted by atomic mass is 35.5. The number of aliphatic imine (C=N–C) groups is 1. The zero-order chi connectivity index (χ0) is 21.0. The number of nitro benzene ring substituents is 1. The minimum Gasteiger partial charge on any atom is -0.488 e. The molecule has 1 aliphatic heterocycles. The van der Waals surface area contributed by atoms with Crippen LogP contribution in [0.25, 0.3) is 6.08 Å².